The second kappa shape index (κ2) is 6.37. The molecule has 7 nitrogen and oxygen atoms in total. The zero-order valence-electron chi connectivity index (χ0n) is 11.3. The smallest absolute Gasteiger partial charge is 0.268 e. The summed E-state index contributed by atoms with van der Waals surface area (Å²) in [5.74, 6) is -0.715. The molecular weight excluding hydrogens is 266 g/mol. The van der Waals surface area contributed by atoms with Crippen molar-refractivity contribution in [1.82, 2.24) is 9.88 Å². The van der Waals surface area contributed by atoms with Crippen molar-refractivity contribution in [2.24, 2.45) is 5.73 Å². The number of carbonyl (C=O) groups excluding carboxylic acids is 2. The van der Waals surface area contributed by atoms with E-state index in [0.717, 1.165) is 0 Å². The first-order valence-corrected chi connectivity index (χ1v) is 6.77. The van der Waals surface area contributed by atoms with E-state index in [2.05, 4.69) is 10.3 Å². The number of nitrogens with zero attached hydrogens (tertiary/aromatic N) is 2. The summed E-state index contributed by atoms with van der Waals surface area (Å²) in [7, 11) is 0. The molecule has 2 amide bonds. The van der Waals surface area contributed by atoms with Gasteiger partial charge in [-0.2, -0.15) is 0 Å². The van der Waals surface area contributed by atoms with Crippen molar-refractivity contribution in [3.63, 3.8) is 0 Å². The minimum Gasteiger partial charge on any atom is -0.382 e. The molecule has 1 rings (SSSR count). The number of carbonyl (C=O) groups is 2. The number of hydrogen-bond acceptors (Lipinski definition) is 6. The largest absolute Gasteiger partial charge is 0.382 e. The third-order valence-corrected chi connectivity index (χ3v) is 3.27. The molecule has 0 atom stereocenters. The lowest BCUT2D eigenvalue weighted by Crippen LogP contribution is -2.38. The Kier molecular flexibility index (Phi) is 5.11. The monoisotopic (exact) mass is 285 g/mol. The molecule has 8 heteroatoms. The van der Waals surface area contributed by atoms with Gasteiger partial charge in [-0.3, -0.25) is 9.59 Å². The van der Waals surface area contributed by atoms with Crippen molar-refractivity contribution in [2.75, 3.05) is 24.1 Å². The minimum absolute atomic E-state index is 0.125. The van der Waals surface area contributed by atoms with Crippen LogP contribution in [0.1, 0.15) is 30.4 Å². The van der Waals surface area contributed by atoms with Crippen molar-refractivity contribution in [3.05, 3.63) is 4.88 Å². The van der Waals surface area contributed by atoms with Gasteiger partial charge in [0.05, 0.1) is 6.54 Å². The molecule has 0 unspecified atom stereocenters. The first kappa shape index (κ1) is 15.2. The average molecular weight is 285 g/mol. The van der Waals surface area contributed by atoms with E-state index in [-0.39, 0.29) is 24.3 Å². The molecule has 0 aromatic carbocycles. The van der Waals surface area contributed by atoms with Crippen LogP contribution in [-0.2, 0) is 4.79 Å². The summed E-state index contributed by atoms with van der Waals surface area (Å²) in [6.45, 7) is 5.95. The molecule has 1 aromatic rings. The standard InChI is InChI=1S/C11H19N5O2S/c1-4-16(5-7(12)17)10(18)8-9(13)15-11(19-8)14-6(2)3/h6H,4-5,13H2,1-3H3,(H2,12,17)(H,14,15). The molecule has 19 heavy (non-hydrogen) atoms. The molecule has 0 spiro atoms. The van der Waals surface area contributed by atoms with E-state index in [1.165, 1.54) is 16.2 Å². The van der Waals surface area contributed by atoms with Crippen molar-refractivity contribution in [3.8, 4) is 0 Å². The highest BCUT2D eigenvalue weighted by molar-refractivity contribution is 7.18. The third kappa shape index (κ3) is 4.09. The van der Waals surface area contributed by atoms with E-state index in [1.807, 2.05) is 13.8 Å². The van der Waals surface area contributed by atoms with Gasteiger partial charge in [-0.1, -0.05) is 11.3 Å². The minimum atomic E-state index is -0.557. The van der Waals surface area contributed by atoms with Crippen LogP contribution in [0.4, 0.5) is 10.9 Å². The van der Waals surface area contributed by atoms with E-state index in [1.54, 1.807) is 6.92 Å². The number of rotatable bonds is 6. The molecule has 0 saturated carbocycles. The lowest BCUT2D eigenvalue weighted by molar-refractivity contribution is -0.118. The number of aromatic nitrogens is 1. The van der Waals surface area contributed by atoms with Crippen LogP contribution in [0.2, 0.25) is 0 Å². The van der Waals surface area contributed by atoms with E-state index in [9.17, 15) is 9.59 Å². The Bertz CT molecular complexity index is 472. The summed E-state index contributed by atoms with van der Waals surface area (Å²) in [6, 6.07) is 0.196. The van der Waals surface area contributed by atoms with Crippen molar-refractivity contribution in [2.45, 2.75) is 26.8 Å². The zero-order valence-corrected chi connectivity index (χ0v) is 12.1. The van der Waals surface area contributed by atoms with Crippen LogP contribution in [0.15, 0.2) is 0 Å². The lowest BCUT2D eigenvalue weighted by Gasteiger charge is -2.17. The molecule has 0 aliphatic heterocycles. The van der Waals surface area contributed by atoms with Crippen molar-refractivity contribution in [1.29, 1.82) is 0 Å². The maximum Gasteiger partial charge on any atom is 0.268 e. The van der Waals surface area contributed by atoms with Gasteiger partial charge in [0.2, 0.25) is 5.91 Å². The van der Waals surface area contributed by atoms with Gasteiger partial charge in [0, 0.05) is 12.6 Å². The number of anilines is 2. The number of nitrogens with two attached hydrogens (primary N) is 2. The van der Waals surface area contributed by atoms with Crippen LogP contribution in [-0.4, -0.2) is 40.8 Å². The summed E-state index contributed by atoms with van der Waals surface area (Å²) >= 11 is 1.18. The highest BCUT2D eigenvalue weighted by atomic mass is 32.1. The number of likely N-dealkylation sites (N-methyl/N-ethyl adjacent to an activating group) is 1. The molecule has 106 valence electrons. The summed E-state index contributed by atoms with van der Waals surface area (Å²) in [5, 5.41) is 3.67. The highest BCUT2D eigenvalue weighted by Gasteiger charge is 2.22. The number of amides is 2. The highest BCUT2D eigenvalue weighted by Crippen LogP contribution is 2.26. The fraction of sp³-hybridized carbons (Fsp3) is 0.545. The molecule has 0 aliphatic rings. The maximum absolute atomic E-state index is 12.2. The summed E-state index contributed by atoms with van der Waals surface area (Å²) in [6.07, 6.45) is 0. The van der Waals surface area contributed by atoms with Crippen LogP contribution in [0.3, 0.4) is 0 Å². The summed E-state index contributed by atoms with van der Waals surface area (Å²) in [5.41, 5.74) is 10.8. The van der Waals surface area contributed by atoms with Crippen LogP contribution in [0.5, 0.6) is 0 Å². The van der Waals surface area contributed by atoms with E-state index in [0.29, 0.717) is 16.6 Å². The molecule has 0 aliphatic carbocycles. The topological polar surface area (TPSA) is 114 Å². The van der Waals surface area contributed by atoms with E-state index >= 15 is 0 Å². The van der Waals surface area contributed by atoms with Crippen molar-refractivity contribution >= 4 is 34.1 Å². The van der Waals surface area contributed by atoms with E-state index < -0.39 is 5.91 Å². The van der Waals surface area contributed by atoms with Gasteiger partial charge >= 0.3 is 0 Å². The summed E-state index contributed by atoms with van der Waals surface area (Å²) < 4.78 is 0. The number of nitrogens with one attached hydrogen (secondary N) is 1. The van der Waals surface area contributed by atoms with Crippen LogP contribution >= 0.6 is 11.3 Å². The lowest BCUT2D eigenvalue weighted by atomic mass is 10.4. The maximum atomic E-state index is 12.2. The summed E-state index contributed by atoms with van der Waals surface area (Å²) in [4.78, 5) is 28.9. The van der Waals surface area contributed by atoms with Gasteiger partial charge < -0.3 is 21.7 Å². The van der Waals surface area contributed by atoms with Gasteiger partial charge in [0.25, 0.3) is 5.91 Å². The predicted octanol–water partition coefficient (Wildman–Crippen LogP) is 0.493. The first-order chi connectivity index (χ1) is 8.85. The van der Waals surface area contributed by atoms with Gasteiger partial charge in [0.1, 0.15) is 10.7 Å². The van der Waals surface area contributed by atoms with Crippen LogP contribution in [0.25, 0.3) is 0 Å². The molecule has 0 radical (unpaired) electrons. The van der Waals surface area contributed by atoms with Gasteiger partial charge in [0.15, 0.2) is 5.13 Å². The molecular formula is C11H19N5O2S. The molecule has 5 N–H and O–H groups in total. The SMILES string of the molecule is CCN(CC(N)=O)C(=O)c1sc(NC(C)C)nc1N. The second-order valence-electron chi connectivity index (χ2n) is 4.32. The molecule has 0 bridgehead atoms. The quantitative estimate of drug-likeness (QED) is 0.704. The Morgan fingerprint density at radius 1 is 1.47 bits per heavy atom. The van der Waals surface area contributed by atoms with Gasteiger partial charge in [-0.05, 0) is 20.8 Å². The number of thiazole rings is 1. The second-order valence-corrected chi connectivity index (χ2v) is 5.32. The van der Waals surface area contributed by atoms with Gasteiger partial charge in [-0.25, -0.2) is 4.98 Å². The first-order valence-electron chi connectivity index (χ1n) is 5.95. The normalized spacial score (nSPS) is 10.5. The number of primary amides is 1. The Hall–Kier alpha value is -1.83. The predicted molar refractivity (Wildman–Crippen MR) is 76.1 cm³/mol. The van der Waals surface area contributed by atoms with Gasteiger partial charge in [-0.15, -0.1) is 0 Å². The number of hydrogen-bond donors (Lipinski definition) is 3. The Morgan fingerprint density at radius 2 is 2.11 bits per heavy atom. The molecule has 0 saturated heterocycles. The molecule has 0 fully saturated rings. The fourth-order valence-corrected chi connectivity index (χ4v) is 2.45. The zero-order chi connectivity index (χ0) is 14.6. The van der Waals surface area contributed by atoms with E-state index in [4.69, 9.17) is 11.5 Å². The van der Waals surface area contributed by atoms with Crippen LogP contribution < -0.4 is 16.8 Å². The Balaban J connectivity index is 2.91. The average Bonchev–Trinajstić information content (AvgIpc) is 2.64. The number of nitrogen functional groups attached to an aromatic ring is 1. The third-order valence-electron chi connectivity index (χ3n) is 2.28. The Labute approximate surface area is 116 Å². The van der Waals surface area contributed by atoms with Crippen molar-refractivity contribution < 1.29 is 9.59 Å². The van der Waals surface area contributed by atoms with Crippen LogP contribution in [0, 0.1) is 0 Å². The Morgan fingerprint density at radius 3 is 2.58 bits per heavy atom. The molecule has 1 aromatic heterocycles. The fourth-order valence-electron chi connectivity index (χ4n) is 1.45. The molecule has 1 heterocycles.